The first-order valence-electron chi connectivity index (χ1n) is 11.2. The van der Waals surface area contributed by atoms with Crippen molar-refractivity contribution in [1.29, 1.82) is 0 Å². The monoisotopic (exact) mass is 453 g/mol. The number of rotatable bonds is 5. The molecule has 4 rings (SSSR count). The molecule has 0 bridgehead atoms. The van der Waals surface area contributed by atoms with Crippen molar-refractivity contribution < 1.29 is 14.6 Å². The van der Waals surface area contributed by atoms with Crippen molar-refractivity contribution >= 4 is 28.7 Å². The van der Waals surface area contributed by atoms with Crippen LogP contribution in [0.15, 0.2) is 42.5 Å². The van der Waals surface area contributed by atoms with Gasteiger partial charge in [-0.15, -0.1) is 0 Å². The Morgan fingerprint density at radius 1 is 0.848 bits per heavy atom. The molecule has 10 heteroatoms. The summed E-state index contributed by atoms with van der Waals surface area (Å²) >= 11 is 0. The van der Waals surface area contributed by atoms with E-state index in [9.17, 15) is 25.0 Å². The van der Waals surface area contributed by atoms with Crippen LogP contribution in [0.1, 0.15) is 30.1 Å². The number of carbonyl (C=O) groups excluding carboxylic acids is 1. The fourth-order valence-electron chi connectivity index (χ4n) is 4.46. The van der Waals surface area contributed by atoms with Crippen LogP contribution in [0.25, 0.3) is 0 Å². The zero-order valence-corrected chi connectivity index (χ0v) is 18.6. The summed E-state index contributed by atoms with van der Waals surface area (Å²) in [6.45, 7) is 5.84. The second-order valence-corrected chi connectivity index (χ2v) is 8.68. The molecule has 2 aromatic rings. The summed E-state index contributed by atoms with van der Waals surface area (Å²) in [5.74, 6) is 0.395. The van der Waals surface area contributed by atoms with E-state index in [0.717, 1.165) is 31.6 Å². The number of non-ortho nitro benzene ring substituents is 1. The summed E-state index contributed by atoms with van der Waals surface area (Å²) < 4.78 is 0. The van der Waals surface area contributed by atoms with E-state index in [2.05, 4.69) is 11.8 Å². The minimum Gasteiger partial charge on any atom is -0.368 e. The van der Waals surface area contributed by atoms with E-state index in [-0.39, 0.29) is 17.3 Å². The number of piperazine rings is 1. The lowest BCUT2D eigenvalue weighted by Gasteiger charge is -2.36. The number of amides is 1. The number of nitro groups is 2. The second kappa shape index (κ2) is 9.43. The molecule has 33 heavy (non-hydrogen) atoms. The molecule has 0 saturated carbocycles. The molecule has 0 aliphatic carbocycles. The van der Waals surface area contributed by atoms with Gasteiger partial charge in [-0.3, -0.25) is 25.0 Å². The molecule has 0 aromatic heterocycles. The lowest BCUT2D eigenvalue weighted by Crippen LogP contribution is -2.48. The van der Waals surface area contributed by atoms with Gasteiger partial charge in [-0.1, -0.05) is 6.92 Å². The first-order chi connectivity index (χ1) is 15.8. The van der Waals surface area contributed by atoms with Gasteiger partial charge < -0.3 is 14.7 Å². The van der Waals surface area contributed by atoms with Crippen LogP contribution < -0.4 is 9.80 Å². The van der Waals surface area contributed by atoms with Crippen molar-refractivity contribution in [3.8, 4) is 0 Å². The standard InChI is InChI=1S/C23H27N5O5/c1-17-8-10-25(11-9-17)21-7-2-18(16-22(21)28(32)33)23(29)26-14-12-24(13-15-26)19-3-5-20(6-4-19)27(30)31/h2-7,16-17H,8-15H2,1H3. The van der Waals surface area contributed by atoms with Crippen LogP contribution in [-0.4, -0.2) is 59.9 Å². The SMILES string of the molecule is CC1CCN(c2ccc(C(=O)N3CCN(c4ccc([N+](=O)[O-])cc4)CC3)cc2[N+](=O)[O-])CC1. The van der Waals surface area contributed by atoms with Crippen LogP contribution in [0.5, 0.6) is 0 Å². The molecule has 2 aromatic carbocycles. The van der Waals surface area contributed by atoms with Gasteiger partial charge in [0, 0.05) is 68.7 Å². The molecule has 2 aliphatic rings. The summed E-state index contributed by atoms with van der Waals surface area (Å²) in [5.41, 5.74) is 1.77. The van der Waals surface area contributed by atoms with Gasteiger partial charge in [0.1, 0.15) is 5.69 Å². The molecule has 0 spiro atoms. The molecule has 2 aliphatic heterocycles. The summed E-state index contributed by atoms with van der Waals surface area (Å²) in [6.07, 6.45) is 1.99. The second-order valence-electron chi connectivity index (χ2n) is 8.68. The Hall–Kier alpha value is -3.69. The van der Waals surface area contributed by atoms with E-state index in [1.54, 1.807) is 29.2 Å². The van der Waals surface area contributed by atoms with Crippen LogP contribution in [0.2, 0.25) is 0 Å². The predicted octanol–water partition coefficient (Wildman–Crippen LogP) is 3.70. The van der Waals surface area contributed by atoms with Crippen molar-refractivity contribution in [2.24, 2.45) is 5.92 Å². The van der Waals surface area contributed by atoms with Crippen LogP contribution >= 0.6 is 0 Å². The smallest absolute Gasteiger partial charge is 0.293 e. The molecule has 0 N–H and O–H groups in total. The maximum atomic E-state index is 13.1. The van der Waals surface area contributed by atoms with Gasteiger partial charge in [-0.2, -0.15) is 0 Å². The Balaban J connectivity index is 1.43. The predicted molar refractivity (Wildman–Crippen MR) is 125 cm³/mol. The van der Waals surface area contributed by atoms with Gasteiger partial charge in [0.05, 0.1) is 9.85 Å². The van der Waals surface area contributed by atoms with E-state index in [1.807, 2.05) is 4.90 Å². The zero-order chi connectivity index (χ0) is 23.5. The Labute approximate surface area is 191 Å². The largest absolute Gasteiger partial charge is 0.368 e. The molecule has 2 fully saturated rings. The molecule has 10 nitrogen and oxygen atoms in total. The van der Waals surface area contributed by atoms with E-state index in [1.165, 1.54) is 18.2 Å². The first kappa shape index (κ1) is 22.5. The van der Waals surface area contributed by atoms with Crippen LogP contribution in [0.4, 0.5) is 22.7 Å². The topological polar surface area (TPSA) is 113 Å². The van der Waals surface area contributed by atoms with Crippen molar-refractivity contribution in [2.45, 2.75) is 19.8 Å². The number of anilines is 2. The average Bonchev–Trinajstić information content (AvgIpc) is 2.84. The lowest BCUT2D eigenvalue weighted by molar-refractivity contribution is -0.384. The van der Waals surface area contributed by atoms with Crippen molar-refractivity contribution in [2.75, 3.05) is 49.1 Å². The van der Waals surface area contributed by atoms with Crippen molar-refractivity contribution in [3.05, 3.63) is 68.3 Å². The third-order valence-corrected chi connectivity index (χ3v) is 6.54. The number of piperidine rings is 1. The Kier molecular flexibility index (Phi) is 6.43. The van der Waals surface area contributed by atoms with Gasteiger partial charge in [-0.05, 0) is 43.0 Å². The van der Waals surface area contributed by atoms with Crippen LogP contribution in [0, 0.1) is 26.1 Å². The molecule has 0 unspecified atom stereocenters. The highest BCUT2D eigenvalue weighted by Gasteiger charge is 2.27. The number of nitrogens with zero attached hydrogens (tertiary/aromatic N) is 5. The molecule has 0 atom stereocenters. The van der Waals surface area contributed by atoms with E-state index in [4.69, 9.17) is 0 Å². The first-order valence-corrected chi connectivity index (χ1v) is 11.2. The quantitative estimate of drug-likeness (QED) is 0.501. The number of hydrogen-bond donors (Lipinski definition) is 0. The number of hydrogen-bond acceptors (Lipinski definition) is 7. The highest BCUT2D eigenvalue weighted by molar-refractivity contribution is 5.96. The minimum absolute atomic E-state index is 0.0279. The van der Waals surface area contributed by atoms with Gasteiger partial charge in [0.15, 0.2) is 0 Å². The summed E-state index contributed by atoms with van der Waals surface area (Å²) in [6, 6.07) is 11.1. The van der Waals surface area contributed by atoms with Gasteiger partial charge in [-0.25, -0.2) is 0 Å². The summed E-state index contributed by atoms with van der Waals surface area (Å²) in [7, 11) is 0. The van der Waals surface area contributed by atoms with Crippen molar-refractivity contribution in [1.82, 2.24) is 4.90 Å². The van der Waals surface area contributed by atoms with Crippen molar-refractivity contribution in [3.63, 3.8) is 0 Å². The number of nitro benzene ring substituents is 2. The maximum absolute atomic E-state index is 13.1. The highest BCUT2D eigenvalue weighted by atomic mass is 16.6. The van der Waals surface area contributed by atoms with Crippen LogP contribution in [0.3, 0.4) is 0 Å². The normalized spacial score (nSPS) is 17.2. The van der Waals surface area contributed by atoms with Gasteiger partial charge >= 0.3 is 0 Å². The van der Waals surface area contributed by atoms with Crippen LogP contribution in [-0.2, 0) is 0 Å². The molecular weight excluding hydrogens is 426 g/mol. The fraction of sp³-hybridized carbons (Fsp3) is 0.435. The summed E-state index contributed by atoms with van der Waals surface area (Å²) in [5, 5.41) is 22.6. The maximum Gasteiger partial charge on any atom is 0.293 e. The van der Waals surface area contributed by atoms with E-state index >= 15 is 0 Å². The molecule has 2 heterocycles. The molecule has 174 valence electrons. The van der Waals surface area contributed by atoms with E-state index < -0.39 is 9.85 Å². The Morgan fingerprint density at radius 2 is 1.48 bits per heavy atom. The third-order valence-electron chi connectivity index (χ3n) is 6.54. The average molecular weight is 453 g/mol. The Morgan fingerprint density at radius 3 is 2.06 bits per heavy atom. The lowest BCUT2D eigenvalue weighted by atomic mass is 9.98. The fourth-order valence-corrected chi connectivity index (χ4v) is 4.46. The third kappa shape index (κ3) is 4.89. The highest BCUT2D eigenvalue weighted by Crippen LogP contribution is 2.33. The number of carbonyl (C=O) groups is 1. The number of benzene rings is 2. The van der Waals surface area contributed by atoms with Gasteiger partial charge in [0.25, 0.3) is 17.3 Å². The Bertz CT molecular complexity index is 1040. The minimum atomic E-state index is -0.434. The van der Waals surface area contributed by atoms with Gasteiger partial charge in [0.2, 0.25) is 0 Å². The van der Waals surface area contributed by atoms with E-state index in [0.29, 0.717) is 43.3 Å². The molecule has 2 saturated heterocycles. The zero-order valence-electron chi connectivity index (χ0n) is 18.6. The molecule has 1 amide bonds. The summed E-state index contributed by atoms with van der Waals surface area (Å²) in [4.78, 5) is 40.6. The molecule has 0 radical (unpaired) electrons. The molecular formula is C23H27N5O5.